The van der Waals surface area contributed by atoms with Crippen LogP contribution in [0.4, 0.5) is 5.69 Å². The van der Waals surface area contributed by atoms with E-state index in [1.54, 1.807) is 29.2 Å². The zero-order valence-electron chi connectivity index (χ0n) is 20.3. The molecule has 0 spiro atoms. The number of benzene rings is 3. The monoisotopic (exact) mass is 475 g/mol. The number of carbonyl (C=O) groups is 2. The normalized spacial score (nSPS) is 11.9. The van der Waals surface area contributed by atoms with Gasteiger partial charge in [0, 0.05) is 22.7 Å². The molecule has 0 bridgehead atoms. The molecule has 4 heteroatoms. The molecular weight excluding hydrogens is 442 g/mol. The molecule has 1 amide bonds. The van der Waals surface area contributed by atoms with Gasteiger partial charge in [-0.05, 0) is 59.9 Å². The van der Waals surface area contributed by atoms with Gasteiger partial charge in [-0.25, -0.2) is 0 Å². The van der Waals surface area contributed by atoms with Crippen molar-refractivity contribution < 1.29 is 9.59 Å². The Morgan fingerprint density at radius 3 is 2.00 bits per heavy atom. The smallest absolute Gasteiger partial charge is 0.259 e. The van der Waals surface area contributed by atoms with Gasteiger partial charge in [0.25, 0.3) is 5.91 Å². The second-order valence-corrected chi connectivity index (χ2v) is 9.45. The van der Waals surface area contributed by atoms with Gasteiger partial charge < -0.3 is 0 Å². The van der Waals surface area contributed by atoms with E-state index in [2.05, 4.69) is 20.8 Å². The first-order chi connectivity index (χ1) is 16.4. The van der Waals surface area contributed by atoms with E-state index >= 15 is 0 Å². The fraction of sp³-hybridized carbons (Fsp3) is 0.333. The average molecular weight is 476 g/mol. The summed E-state index contributed by atoms with van der Waals surface area (Å²) in [7, 11) is 0. The zero-order valence-corrected chi connectivity index (χ0v) is 21.1. The fourth-order valence-electron chi connectivity index (χ4n) is 4.11. The Labute approximate surface area is 208 Å². The highest BCUT2D eigenvalue weighted by Gasteiger charge is 2.33. The number of unbranched alkanes of at least 4 members (excludes halogenated alkanes) is 3. The van der Waals surface area contributed by atoms with E-state index in [0.717, 1.165) is 31.2 Å². The molecule has 34 heavy (non-hydrogen) atoms. The number of halogens is 1. The number of rotatable bonds is 11. The third-order valence-corrected chi connectivity index (χ3v) is 6.36. The summed E-state index contributed by atoms with van der Waals surface area (Å²) in [4.78, 5) is 29.2. The number of ketones is 1. The zero-order chi connectivity index (χ0) is 24.5. The predicted octanol–water partition coefficient (Wildman–Crippen LogP) is 8.39. The summed E-state index contributed by atoms with van der Waals surface area (Å²) in [5, 5.41) is 0.597. The summed E-state index contributed by atoms with van der Waals surface area (Å²) in [6.07, 6.45) is 4.45. The highest BCUT2D eigenvalue weighted by Crippen LogP contribution is 2.33. The molecule has 0 radical (unpaired) electrons. The summed E-state index contributed by atoms with van der Waals surface area (Å²) in [5.74, 6) is 0.218. The van der Waals surface area contributed by atoms with Gasteiger partial charge >= 0.3 is 0 Å². The number of anilines is 1. The molecule has 178 valence electrons. The maximum Gasteiger partial charge on any atom is 0.259 e. The Kier molecular flexibility index (Phi) is 9.47. The minimum Gasteiger partial charge on any atom is -0.297 e. The Bertz CT molecular complexity index is 1060. The predicted molar refractivity (Wildman–Crippen MR) is 142 cm³/mol. The van der Waals surface area contributed by atoms with E-state index in [4.69, 9.17) is 11.6 Å². The van der Waals surface area contributed by atoms with Crippen molar-refractivity contribution in [2.24, 2.45) is 0 Å². The van der Waals surface area contributed by atoms with Crippen molar-refractivity contribution in [1.82, 2.24) is 0 Å². The van der Waals surface area contributed by atoms with Crippen molar-refractivity contribution in [3.8, 4) is 0 Å². The Morgan fingerprint density at radius 2 is 1.41 bits per heavy atom. The molecular formula is C30H34ClNO2. The summed E-state index contributed by atoms with van der Waals surface area (Å²) in [5.41, 5.74) is 3.21. The highest BCUT2D eigenvalue weighted by molar-refractivity contribution is 6.30. The standard InChI is InChI=1S/C30H34ClNO2/c1-4-5-6-10-13-28(33)29(24-14-18-26(31)19-15-24)32(30(34)25-11-8-7-9-12-25)27-20-16-23(17-21-27)22(2)3/h7-9,11-12,14-22,29H,4-6,10,13H2,1-3H3. The molecule has 1 unspecified atom stereocenters. The van der Waals surface area contributed by atoms with Crippen LogP contribution >= 0.6 is 11.6 Å². The number of carbonyl (C=O) groups excluding carboxylic acids is 2. The number of hydrogen-bond acceptors (Lipinski definition) is 2. The van der Waals surface area contributed by atoms with Gasteiger partial charge in [0.2, 0.25) is 0 Å². The van der Waals surface area contributed by atoms with Gasteiger partial charge in [0.05, 0.1) is 0 Å². The first-order valence-corrected chi connectivity index (χ1v) is 12.6. The molecule has 0 aromatic heterocycles. The van der Waals surface area contributed by atoms with E-state index in [-0.39, 0.29) is 11.7 Å². The van der Waals surface area contributed by atoms with Crippen LogP contribution in [0.5, 0.6) is 0 Å². The molecule has 0 aliphatic heterocycles. The van der Waals surface area contributed by atoms with Crippen LogP contribution in [0, 0.1) is 0 Å². The first-order valence-electron chi connectivity index (χ1n) is 12.2. The molecule has 0 fully saturated rings. The minimum atomic E-state index is -0.725. The maximum atomic E-state index is 13.9. The molecule has 0 N–H and O–H groups in total. The summed E-state index contributed by atoms with van der Waals surface area (Å²) >= 11 is 6.15. The van der Waals surface area contributed by atoms with Crippen molar-refractivity contribution >= 4 is 29.0 Å². The van der Waals surface area contributed by atoms with E-state index in [9.17, 15) is 9.59 Å². The lowest BCUT2D eigenvalue weighted by molar-refractivity contribution is -0.120. The van der Waals surface area contributed by atoms with E-state index in [1.807, 2.05) is 54.6 Å². The van der Waals surface area contributed by atoms with Gasteiger partial charge in [-0.15, -0.1) is 0 Å². The van der Waals surface area contributed by atoms with Gasteiger partial charge in [-0.1, -0.05) is 94.1 Å². The molecule has 0 saturated carbocycles. The van der Waals surface area contributed by atoms with E-state index < -0.39 is 6.04 Å². The van der Waals surface area contributed by atoms with Crippen LogP contribution in [0.3, 0.4) is 0 Å². The quantitative estimate of drug-likeness (QED) is 0.261. The molecule has 0 saturated heterocycles. The topological polar surface area (TPSA) is 37.4 Å². The van der Waals surface area contributed by atoms with Crippen molar-refractivity contribution in [2.45, 2.75) is 64.8 Å². The minimum absolute atomic E-state index is 0.0376. The van der Waals surface area contributed by atoms with Crippen molar-refractivity contribution in [1.29, 1.82) is 0 Å². The lowest BCUT2D eigenvalue weighted by atomic mass is 9.95. The Hall–Kier alpha value is -2.91. The maximum absolute atomic E-state index is 13.9. The summed E-state index contributed by atoms with van der Waals surface area (Å²) in [6, 6.07) is 23.7. The first kappa shape index (κ1) is 25.7. The van der Waals surface area contributed by atoms with Gasteiger partial charge in [-0.3, -0.25) is 14.5 Å². The lowest BCUT2D eigenvalue weighted by Gasteiger charge is -2.32. The number of Topliss-reactive ketones (excluding diaryl/α,β-unsaturated/α-hetero) is 1. The molecule has 3 aromatic rings. The molecule has 3 aromatic carbocycles. The highest BCUT2D eigenvalue weighted by atomic mass is 35.5. The van der Waals surface area contributed by atoms with Crippen molar-refractivity contribution in [3.05, 3.63) is 101 Å². The molecule has 3 nitrogen and oxygen atoms in total. The van der Waals surface area contributed by atoms with Gasteiger partial charge in [0.1, 0.15) is 6.04 Å². The van der Waals surface area contributed by atoms with Crippen LogP contribution in [0.1, 0.15) is 86.3 Å². The molecule has 3 rings (SSSR count). The SMILES string of the molecule is CCCCCCC(=O)C(c1ccc(Cl)cc1)N(C(=O)c1ccccc1)c1ccc(C(C)C)cc1. The second kappa shape index (κ2) is 12.5. The van der Waals surface area contributed by atoms with E-state index in [1.165, 1.54) is 5.56 Å². The van der Waals surface area contributed by atoms with Crippen LogP contribution in [-0.2, 0) is 4.79 Å². The molecule has 0 heterocycles. The summed E-state index contributed by atoms with van der Waals surface area (Å²) in [6.45, 7) is 6.43. The largest absolute Gasteiger partial charge is 0.297 e. The van der Waals surface area contributed by atoms with Crippen LogP contribution in [0.25, 0.3) is 0 Å². The Morgan fingerprint density at radius 1 is 0.794 bits per heavy atom. The number of hydrogen-bond donors (Lipinski definition) is 0. The average Bonchev–Trinajstić information content (AvgIpc) is 2.86. The second-order valence-electron chi connectivity index (χ2n) is 9.02. The van der Waals surface area contributed by atoms with Crippen LogP contribution in [0.15, 0.2) is 78.9 Å². The number of amides is 1. The third-order valence-electron chi connectivity index (χ3n) is 6.10. The van der Waals surface area contributed by atoms with Crippen molar-refractivity contribution in [3.63, 3.8) is 0 Å². The van der Waals surface area contributed by atoms with Gasteiger partial charge in [-0.2, -0.15) is 0 Å². The molecule has 0 aliphatic carbocycles. The fourth-order valence-corrected chi connectivity index (χ4v) is 4.24. The van der Waals surface area contributed by atoms with Crippen LogP contribution in [-0.4, -0.2) is 11.7 Å². The molecule has 1 atom stereocenters. The lowest BCUT2D eigenvalue weighted by Crippen LogP contribution is -2.39. The number of nitrogens with zero attached hydrogens (tertiary/aromatic N) is 1. The van der Waals surface area contributed by atoms with Crippen LogP contribution in [0.2, 0.25) is 5.02 Å². The molecule has 0 aliphatic rings. The summed E-state index contributed by atoms with van der Waals surface area (Å²) < 4.78 is 0. The third kappa shape index (κ3) is 6.57. The van der Waals surface area contributed by atoms with Gasteiger partial charge in [0.15, 0.2) is 5.78 Å². The Balaban J connectivity index is 2.08. The van der Waals surface area contributed by atoms with E-state index in [0.29, 0.717) is 28.6 Å². The van der Waals surface area contributed by atoms with Crippen LogP contribution < -0.4 is 4.90 Å². The van der Waals surface area contributed by atoms with Crippen molar-refractivity contribution in [2.75, 3.05) is 4.90 Å².